The highest BCUT2D eigenvalue weighted by atomic mass is 35.5. The van der Waals surface area contributed by atoms with Gasteiger partial charge in [-0.25, -0.2) is 5.21 Å². The number of hydroxylamine groups is 3. The molecule has 1 heterocycles. The standard InChI is InChI=1S/C18H27ClN3O/c1-4-22(23,5-2)12-6-7-14(3)21-17-10-11-20-18-13-15(19)8-9-16(17)18/h8-11,13-14,23H,4-7,12H2,1-3H3,(H,20,21)/q+1. The van der Waals surface area contributed by atoms with Gasteiger partial charge in [-0.1, -0.05) is 11.6 Å². The summed E-state index contributed by atoms with van der Waals surface area (Å²) in [6.45, 7) is 8.54. The molecule has 0 aliphatic carbocycles. The molecule has 0 saturated carbocycles. The van der Waals surface area contributed by atoms with Crippen molar-refractivity contribution in [3.8, 4) is 0 Å². The van der Waals surface area contributed by atoms with E-state index in [9.17, 15) is 5.21 Å². The summed E-state index contributed by atoms with van der Waals surface area (Å²) in [5, 5.41) is 15.6. The zero-order chi connectivity index (χ0) is 16.9. The number of quaternary nitrogens is 1. The van der Waals surface area contributed by atoms with Crippen molar-refractivity contribution in [1.82, 2.24) is 4.98 Å². The van der Waals surface area contributed by atoms with Crippen LogP contribution in [0.15, 0.2) is 30.5 Å². The van der Waals surface area contributed by atoms with E-state index in [1.165, 1.54) is 0 Å². The lowest BCUT2D eigenvalue weighted by Gasteiger charge is -2.28. The van der Waals surface area contributed by atoms with Gasteiger partial charge in [-0.15, -0.1) is 0 Å². The van der Waals surface area contributed by atoms with Crippen molar-refractivity contribution in [2.45, 2.75) is 39.7 Å². The fourth-order valence-electron chi connectivity index (χ4n) is 2.82. The smallest absolute Gasteiger partial charge is 0.109 e. The molecule has 0 fully saturated rings. The van der Waals surface area contributed by atoms with E-state index in [0.29, 0.717) is 11.1 Å². The molecule has 0 radical (unpaired) electrons. The second-order valence-corrected chi connectivity index (χ2v) is 6.60. The van der Waals surface area contributed by atoms with Gasteiger partial charge in [0.1, 0.15) is 19.6 Å². The molecule has 1 unspecified atom stereocenters. The summed E-state index contributed by atoms with van der Waals surface area (Å²) >= 11 is 6.03. The van der Waals surface area contributed by atoms with Gasteiger partial charge < -0.3 is 5.32 Å². The molecule has 0 aliphatic heterocycles. The number of rotatable bonds is 8. The Morgan fingerprint density at radius 2 is 2.00 bits per heavy atom. The fraction of sp³-hybridized carbons (Fsp3) is 0.500. The first-order valence-electron chi connectivity index (χ1n) is 8.37. The Labute approximate surface area is 143 Å². The number of fused-ring (bicyclic) bond motifs is 1. The molecule has 2 aromatic rings. The molecule has 1 aromatic heterocycles. The Balaban J connectivity index is 1.97. The number of hydrogen-bond donors (Lipinski definition) is 2. The zero-order valence-electron chi connectivity index (χ0n) is 14.2. The lowest BCUT2D eigenvalue weighted by Crippen LogP contribution is -2.45. The minimum atomic E-state index is 0.156. The second-order valence-electron chi connectivity index (χ2n) is 6.16. The normalized spacial score (nSPS) is 13.3. The third-order valence-electron chi connectivity index (χ3n) is 4.50. The Hall–Kier alpha value is -1.36. The summed E-state index contributed by atoms with van der Waals surface area (Å²) in [7, 11) is 0. The average molecular weight is 337 g/mol. The monoisotopic (exact) mass is 336 g/mol. The van der Waals surface area contributed by atoms with E-state index >= 15 is 0 Å². The van der Waals surface area contributed by atoms with Crippen LogP contribution < -0.4 is 5.32 Å². The largest absolute Gasteiger partial charge is 0.382 e. The van der Waals surface area contributed by atoms with Gasteiger partial charge in [0.05, 0.1) is 5.52 Å². The van der Waals surface area contributed by atoms with E-state index in [0.717, 1.165) is 49.1 Å². The van der Waals surface area contributed by atoms with Crippen molar-refractivity contribution in [1.29, 1.82) is 0 Å². The molecule has 0 saturated heterocycles. The van der Waals surface area contributed by atoms with E-state index in [2.05, 4.69) is 17.2 Å². The highest BCUT2D eigenvalue weighted by Gasteiger charge is 2.20. The van der Waals surface area contributed by atoms with Gasteiger partial charge >= 0.3 is 0 Å². The Kier molecular flexibility index (Phi) is 6.22. The Morgan fingerprint density at radius 3 is 2.70 bits per heavy atom. The van der Waals surface area contributed by atoms with Crippen LogP contribution in [0.2, 0.25) is 5.02 Å². The van der Waals surface area contributed by atoms with Crippen LogP contribution in [0.25, 0.3) is 10.9 Å². The van der Waals surface area contributed by atoms with E-state index in [4.69, 9.17) is 11.6 Å². The summed E-state index contributed by atoms with van der Waals surface area (Å²) in [5.41, 5.74) is 1.98. The Bertz CT molecular complexity index is 643. The first kappa shape index (κ1) is 18.0. The Morgan fingerprint density at radius 1 is 1.26 bits per heavy atom. The summed E-state index contributed by atoms with van der Waals surface area (Å²) < 4.78 is 0.156. The van der Waals surface area contributed by atoms with Crippen LogP contribution in [0.1, 0.15) is 33.6 Å². The topological polar surface area (TPSA) is 45.1 Å². The molecule has 126 valence electrons. The van der Waals surface area contributed by atoms with Crippen molar-refractivity contribution < 1.29 is 9.85 Å². The van der Waals surface area contributed by atoms with Gasteiger partial charge in [0, 0.05) is 34.8 Å². The molecule has 1 aromatic carbocycles. The van der Waals surface area contributed by atoms with E-state index < -0.39 is 0 Å². The van der Waals surface area contributed by atoms with Crippen molar-refractivity contribution >= 4 is 28.2 Å². The number of nitrogens with one attached hydrogen (secondary N) is 1. The molecular weight excluding hydrogens is 310 g/mol. The molecule has 0 aliphatic rings. The van der Waals surface area contributed by atoms with Gasteiger partial charge in [0.2, 0.25) is 0 Å². The predicted octanol–water partition coefficient (Wildman–Crippen LogP) is 4.71. The minimum Gasteiger partial charge on any atom is -0.382 e. The summed E-state index contributed by atoms with van der Waals surface area (Å²) in [6, 6.07) is 8.10. The van der Waals surface area contributed by atoms with Crippen molar-refractivity contribution in [2.24, 2.45) is 0 Å². The first-order valence-corrected chi connectivity index (χ1v) is 8.75. The maximum atomic E-state index is 10.3. The molecule has 0 spiro atoms. The number of halogens is 1. The molecule has 23 heavy (non-hydrogen) atoms. The third kappa shape index (κ3) is 4.80. The van der Waals surface area contributed by atoms with Gasteiger partial charge in [-0.05, 0) is 51.5 Å². The quantitative estimate of drug-likeness (QED) is 0.542. The van der Waals surface area contributed by atoms with Crippen molar-refractivity contribution in [2.75, 3.05) is 25.0 Å². The number of hydrogen-bond acceptors (Lipinski definition) is 3. The van der Waals surface area contributed by atoms with Crippen LogP contribution in [0, 0.1) is 0 Å². The molecule has 4 nitrogen and oxygen atoms in total. The predicted molar refractivity (Wildman–Crippen MR) is 97.1 cm³/mol. The molecule has 0 bridgehead atoms. The van der Waals surface area contributed by atoms with Crippen LogP contribution in [0.4, 0.5) is 5.69 Å². The highest BCUT2D eigenvalue weighted by Crippen LogP contribution is 2.25. The average Bonchev–Trinajstić information content (AvgIpc) is 2.54. The number of benzene rings is 1. The maximum absolute atomic E-state index is 10.3. The summed E-state index contributed by atoms with van der Waals surface area (Å²) in [4.78, 5) is 4.37. The third-order valence-corrected chi connectivity index (χ3v) is 4.73. The highest BCUT2D eigenvalue weighted by molar-refractivity contribution is 6.31. The lowest BCUT2D eigenvalue weighted by molar-refractivity contribution is -1.10. The van der Waals surface area contributed by atoms with Crippen molar-refractivity contribution in [3.05, 3.63) is 35.5 Å². The number of anilines is 1. The first-order chi connectivity index (χ1) is 11.0. The van der Waals surface area contributed by atoms with E-state index in [1.807, 2.05) is 38.1 Å². The summed E-state index contributed by atoms with van der Waals surface area (Å²) in [5.74, 6) is 0. The van der Waals surface area contributed by atoms with Crippen LogP contribution >= 0.6 is 11.6 Å². The zero-order valence-corrected chi connectivity index (χ0v) is 15.0. The van der Waals surface area contributed by atoms with Crippen LogP contribution in [-0.4, -0.2) is 40.5 Å². The molecule has 5 heteroatoms. The maximum Gasteiger partial charge on any atom is 0.109 e. The fourth-order valence-corrected chi connectivity index (χ4v) is 2.98. The number of aromatic nitrogens is 1. The van der Waals surface area contributed by atoms with Crippen LogP contribution in [-0.2, 0) is 0 Å². The molecular formula is C18H27ClN3O+. The van der Waals surface area contributed by atoms with Crippen molar-refractivity contribution in [3.63, 3.8) is 0 Å². The van der Waals surface area contributed by atoms with Gasteiger partial charge in [-0.2, -0.15) is 4.65 Å². The summed E-state index contributed by atoms with van der Waals surface area (Å²) in [6.07, 6.45) is 3.80. The van der Waals surface area contributed by atoms with E-state index in [-0.39, 0.29) is 4.65 Å². The number of nitrogens with zero attached hydrogens (tertiary/aromatic N) is 2. The molecule has 1 atom stereocenters. The minimum absolute atomic E-state index is 0.156. The van der Waals surface area contributed by atoms with Crippen LogP contribution in [0.5, 0.6) is 0 Å². The van der Waals surface area contributed by atoms with Gasteiger partial charge in [0.25, 0.3) is 0 Å². The molecule has 0 amide bonds. The van der Waals surface area contributed by atoms with E-state index in [1.54, 1.807) is 6.20 Å². The SMILES string of the molecule is CC[N+](O)(CC)CCCC(C)Nc1ccnc2cc(Cl)ccc12. The van der Waals surface area contributed by atoms with Crippen LogP contribution in [0.3, 0.4) is 0 Å². The van der Waals surface area contributed by atoms with Gasteiger partial charge in [-0.3, -0.25) is 4.98 Å². The lowest BCUT2D eigenvalue weighted by atomic mass is 10.1. The van der Waals surface area contributed by atoms with Gasteiger partial charge in [0.15, 0.2) is 0 Å². The second kappa shape index (κ2) is 7.95. The number of pyridine rings is 1. The molecule has 2 rings (SSSR count). The molecule has 2 N–H and O–H groups in total.